The van der Waals surface area contributed by atoms with Crippen LogP contribution in [0.2, 0.25) is 0 Å². The first-order valence-corrected chi connectivity index (χ1v) is 10.3. The van der Waals surface area contributed by atoms with Gasteiger partial charge >= 0.3 is 11.7 Å². The number of amides is 2. The van der Waals surface area contributed by atoms with Crippen LogP contribution in [0.15, 0.2) is 15.3 Å². The van der Waals surface area contributed by atoms with Gasteiger partial charge in [0.05, 0.1) is 6.54 Å². The third-order valence-corrected chi connectivity index (χ3v) is 6.33. The molecule has 1 aromatic rings. The molecule has 1 unspecified atom stereocenters. The van der Waals surface area contributed by atoms with Gasteiger partial charge in [0.2, 0.25) is 0 Å². The fourth-order valence-electron chi connectivity index (χ4n) is 4.65. The molecule has 0 saturated carbocycles. The van der Waals surface area contributed by atoms with E-state index in [0.29, 0.717) is 57.0 Å². The van der Waals surface area contributed by atoms with Crippen molar-refractivity contribution in [1.82, 2.24) is 9.80 Å². The van der Waals surface area contributed by atoms with Gasteiger partial charge in [0.15, 0.2) is 0 Å². The zero-order chi connectivity index (χ0) is 20.6. The van der Waals surface area contributed by atoms with Crippen LogP contribution in [-0.4, -0.2) is 67.3 Å². The number of carbonyl (C=O) groups excluding carboxylic acids is 2. The van der Waals surface area contributed by atoms with Gasteiger partial charge in [-0.2, -0.15) is 0 Å². The molecule has 1 aromatic heterocycles. The lowest BCUT2D eigenvalue weighted by atomic mass is 9.95. The molecule has 0 radical (unpaired) electrons. The van der Waals surface area contributed by atoms with Crippen molar-refractivity contribution in [2.24, 2.45) is 0 Å². The first-order valence-electron chi connectivity index (χ1n) is 10.3. The van der Waals surface area contributed by atoms with Gasteiger partial charge in [-0.15, -0.1) is 0 Å². The molecule has 0 N–H and O–H groups in total. The van der Waals surface area contributed by atoms with Crippen LogP contribution in [0.4, 0.5) is 4.79 Å². The van der Waals surface area contributed by atoms with Crippen LogP contribution >= 0.6 is 0 Å². The van der Waals surface area contributed by atoms with Crippen LogP contribution in [0.25, 0.3) is 0 Å². The summed E-state index contributed by atoms with van der Waals surface area (Å²) in [7, 11) is 1.72. The normalized spacial score (nSPS) is 25.9. The molecule has 8 heteroatoms. The standard InChI is InChI=1S/C21H28N2O6/c1-14-12-16(15-4-10-27-11-5-15)28-19(25)17(14)18(24)23-8-3-6-21(7-9-23)13-22(2)20(26)29-21/h12,15H,3-11,13H2,1-2H3. The first kappa shape index (κ1) is 19.9. The molecule has 3 saturated heterocycles. The minimum absolute atomic E-state index is 0.109. The van der Waals surface area contributed by atoms with Gasteiger partial charge in [0.1, 0.15) is 16.9 Å². The Balaban J connectivity index is 1.51. The maximum atomic E-state index is 13.1. The number of ether oxygens (including phenoxy) is 2. The van der Waals surface area contributed by atoms with Crippen molar-refractivity contribution in [1.29, 1.82) is 0 Å². The number of likely N-dealkylation sites (N-methyl/N-ethyl adjacent to an activating group) is 1. The second-order valence-electron chi connectivity index (χ2n) is 8.43. The zero-order valence-electron chi connectivity index (χ0n) is 17.1. The van der Waals surface area contributed by atoms with Gasteiger partial charge in [0, 0.05) is 45.7 Å². The highest BCUT2D eigenvalue weighted by Gasteiger charge is 2.45. The van der Waals surface area contributed by atoms with E-state index in [1.54, 1.807) is 23.8 Å². The van der Waals surface area contributed by atoms with E-state index in [0.717, 1.165) is 19.3 Å². The van der Waals surface area contributed by atoms with E-state index in [2.05, 4.69) is 0 Å². The van der Waals surface area contributed by atoms with Gasteiger partial charge in [0.25, 0.3) is 5.91 Å². The predicted molar refractivity (Wildman–Crippen MR) is 104 cm³/mol. The van der Waals surface area contributed by atoms with Crippen molar-refractivity contribution in [3.8, 4) is 0 Å². The Bertz CT molecular complexity index is 859. The number of hydrogen-bond acceptors (Lipinski definition) is 6. The summed E-state index contributed by atoms with van der Waals surface area (Å²) in [6.07, 6.45) is 3.32. The Labute approximate surface area is 169 Å². The summed E-state index contributed by atoms with van der Waals surface area (Å²) < 4.78 is 16.5. The van der Waals surface area contributed by atoms with Crippen molar-refractivity contribution in [2.45, 2.75) is 50.5 Å². The summed E-state index contributed by atoms with van der Waals surface area (Å²) in [6, 6.07) is 1.83. The molecule has 4 rings (SSSR count). The van der Waals surface area contributed by atoms with Crippen LogP contribution in [0.1, 0.15) is 59.7 Å². The molecule has 2 amide bonds. The molecule has 0 aromatic carbocycles. The van der Waals surface area contributed by atoms with E-state index in [4.69, 9.17) is 13.9 Å². The van der Waals surface area contributed by atoms with Crippen LogP contribution < -0.4 is 5.63 Å². The summed E-state index contributed by atoms with van der Waals surface area (Å²) in [5.41, 5.74) is -0.341. The largest absolute Gasteiger partial charge is 0.441 e. The highest BCUT2D eigenvalue weighted by atomic mass is 16.6. The van der Waals surface area contributed by atoms with Crippen LogP contribution in [-0.2, 0) is 9.47 Å². The summed E-state index contributed by atoms with van der Waals surface area (Å²) in [5, 5.41) is 0. The Morgan fingerprint density at radius 1 is 1.17 bits per heavy atom. The third-order valence-electron chi connectivity index (χ3n) is 6.33. The lowest BCUT2D eigenvalue weighted by molar-refractivity contribution is 0.0438. The van der Waals surface area contributed by atoms with E-state index in [-0.39, 0.29) is 23.5 Å². The Morgan fingerprint density at radius 3 is 2.59 bits per heavy atom. The molecule has 1 atom stereocenters. The van der Waals surface area contributed by atoms with E-state index >= 15 is 0 Å². The molecule has 8 nitrogen and oxygen atoms in total. The van der Waals surface area contributed by atoms with Crippen molar-refractivity contribution in [2.75, 3.05) is 39.9 Å². The Kier molecular flexibility index (Phi) is 5.38. The fraction of sp³-hybridized carbons (Fsp3) is 0.667. The monoisotopic (exact) mass is 404 g/mol. The maximum Gasteiger partial charge on any atom is 0.410 e. The molecule has 3 fully saturated rings. The predicted octanol–water partition coefficient (Wildman–Crippen LogP) is 2.29. The van der Waals surface area contributed by atoms with Gasteiger partial charge < -0.3 is 23.7 Å². The molecule has 3 aliphatic rings. The smallest absolute Gasteiger partial charge is 0.410 e. The quantitative estimate of drug-likeness (QED) is 0.751. The summed E-state index contributed by atoms with van der Waals surface area (Å²) in [4.78, 5) is 40.9. The SMILES string of the molecule is Cc1cc(C2CCOCC2)oc(=O)c1C(=O)N1CCCC2(CC1)CN(C)C(=O)O2. The van der Waals surface area contributed by atoms with E-state index in [9.17, 15) is 14.4 Å². The van der Waals surface area contributed by atoms with Crippen LogP contribution in [0, 0.1) is 6.92 Å². The van der Waals surface area contributed by atoms with Crippen molar-refractivity contribution < 1.29 is 23.5 Å². The second-order valence-corrected chi connectivity index (χ2v) is 8.43. The Morgan fingerprint density at radius 2 is 1.93 bits per heavy atom. The number of aryl methyl sites for hydroxylation is 1. The summed E-state index contributed by atoms with van der Waals surface area (Å²) >= 11 is 0. The lowest BCUT2D eigenvalue weighted by Crippen LogP contribution is -2.38. The maximum absolute atomic E-state index is 13.1. The molecular weight excluding hydrogens is 376 g/mol. The average Bonchev–Trinajstić information content (AvgIpc) is 2.85. The number of hydrogen-bond donors (Lipinski definition) is 0. The molecule has 29 heavy (non-hydrogen) atoms. The Hall–Kier alpha value is -2.35. The molecule has 1 spiro atoms. The summed E-state index contributed by atoms with van der Waals surface area (Å²) in [6.45, 7) is 4.62. The summed E-state index contributed by atoms with van der Waals surface area (Å²) in [5.74, 6) is 0.499. The van der Waals surface area contributed by atoms with Crippen molar-refractivity contribution >= 4 is 12.0 Å². The van der Waals surface area contributed by atoms with Gasteiger partial charge in [-0.25, -0.2) is 9.59 Å². The number of rotatable bonds is 2. The highest BCUT2D eigenvalue weighted by Crippen LogP contribution is 2.33. The van der Waals surface area contributed by atoms with Crippen LogP contribution in [0.5, 0.6) is 0 Å². The minimum atomic E-state index is -0.567. The fourth-order valence-corrected chi connectivity index (χ4v) is 4.65. The molecule has 4 heterocycles. The van der Waals surface area contributed by atoms with Crippen molar-refractivity contribution in [3.05, 3.63) is 33.4 Å². The third kappa shape index (κ3) is 3.90. The molecule has 158 valence electrons. The van der Waals surface area contributed by atoms with Crippen LogP contribution in [0.3, 0.4) is 0 Å². The number of nitrogens with zero attached hydrogens (tertiary/aromatic N) is 2. The number of carbonyl (C=O) groups is 2. The number of likely N-dealkylation sites (tertiary alicyclic amines) is 1. The topological polar surface area (TPSA) is 89.3 Å². The first-order chi connectivity index (χ1) is 13.9. The zero-order valence-corrected chi connectivity index (χ0v) is 17.1. The van der Waals surface area contributed by atoms with E-state index < -0.39 is 11.2 Å². The molecule has 3 aliphatic heterocycles. The van der Waals surface area contributed by atoms with E-state index in [1.807, 2.05) is 6.07 Å². The van der Waals surface area contributed by atoms with E-state index in [1.165, 1.54) is 0 Å². The lowest BCUT2D eigenvalue weighted by Gasteiger charge is -2.25. The molecular formula is C21H28N2O6. The second kappa shape index (κ2) is 7.82. The average molecular weight is 404 g/mol. The van der Waals surface area contributed by atoms with Crippen molar-refractivity contribution in [3.63, 3.8) is 0 Å². The van der Waals surface area contributed by atoms with Gasteiger partial charge in [-0.1, -0.05) is 0 Å². The van der Waals surface area contributed by atoms with Gasteiger partial charge in [-0.3, -0.25) is 4.79 Å². The minimum Gasteiger partial charge on any atom is -0.441 e. The molecule has 0 aliphatic carbocycles. The molecule has 0 bridgehead atoms. The van der Waals surface area contributed by atoms with Gasteiger partial charge in [-0.05, 0) is 44.2 Å². The highest BCUT2D eigenvalue weighted by molar-refractivity contribution is 5.95.